The van der Waals surface area contributed by atoms with Gasteiger partial charge in [-0.3, -0.25) is 24.0 Å². The monoisotopic (exact) mass is 364 g/mol. The van der Waals surface area contributed by atoms with E-state index < -0.39 is 29.5 Å². The Balaban J connectivity index is 3.96. The minimum absolute atomic E-state index is 0.00476. The number of Topliss-reactive ketones (excluding diaryl/α,β-unsaturated/α-hetero) is 2. The van der Waals surface area contributed by atoms with Crippen LogP contribution >= 0.6 is 0 Å². The maximum atomic E-state index is 12.4. The van der Waals surface area contributed by atoms with Gasteiger partial charge >= 0.3 is 17.9 Å². The lowest BCUT2D eigenvalue weighted by Crippen LogP contribution is -2.17. The van der Waals surface area contributed by atoms with Crippen molar-refractivity contribution >= 4 is 29.5 Å². The lowest BCUT2D eigenvalue weighted by atomic mass is 9.97. The topological polar surface area (TPSA) is 113 Å². The first-order valence-corrected chi connectivity index (χ1v) is 7.94. The molecule has 0 fully saturated rings. The maximum absolute atomic E-state index is 12.4. The Morgan fingerprint density at radius 1 is 0.692 bits per heavy atom. The van der Waals surface area contributed by atoms with Gasteiger partial charge in [-0.2, -0.15) is 0 Å². The van der Waals surface area contributed by atoms with Gasteiger partial charge in [0, 0.05) is 39.7 Å². The van der Waals surface area contributed by atoms with Crippen molar-refractivity contribution in [3.63, 3.8) is 0 Å². The third-order valence-corrected chi connectivity index (χ3v) is 3.16. The van der Waals surface area contributed by atoms with Crippen LogP contribution in [0, 0.1) is 0 Å². The highest BCUT2D eigenvalue weighted by molar-refractivity contribution is 6.10. The molecule has 0 saturated heterocycles. The molecule has 0 aliphatic rings. The Bertz CT molecular complexity index is 722. The van der Waals surface area contributed by atoms with Gasteiger partial charge in [-0.1, -0.05) is 13.8 Å². The van der Waals surface area contributed by atoms with E-state index in [2.05, 4.69) is 0 Å². The highest BCUT2D eigenvalue weighted by Crippen LogP contribution is 2.41. The molecule has 0 heterocycles. The van der Waals surface area contributed by atoms with Crippen LogP contribution in [0.1, 0.15) is 68.2 Å². The van der Waals surface area contributed by atoms with Crippen LogP contribution in [0.3, 0.4) is 0 Å². The molecule has 0 aliphatic heterocycles. The third kappa shape index (κ3) is 4.98. The second-order valence-corrected chi connectivity index (χ2v) is 5.29. The van der Waals surface area contributed by atoms with Crippen molar-refractivity contribution in [2.75, 3.05) is 0 Å². The fourth-order valence-corrected chi connectivity index (χ4v) is 2.21. The van der Waals surface area contributed by atoms with E-state index in [9.17, 15) is 24.0 Å². The molecule has 0 saturated carbocycles. The van der Waals surface area contributed by atoms with Crippen LogP contribution in [-0.2, 0) is 14.4 Å². The van der Waals surface area contributed by atoms with Crippen LogP contribution < -0.4 is 14.2 Å². The lowest BCUT2D eigenvalue weighted by Gasteiger charge is -2.18. The van der Waals surface area contributed by atoms with Gasteiger partial charge in [0.2, 0.25) is 0 Å². The zero-order valence-electron chi connectivity index (χ0n) is 15.3. The number of rotatable bonds is 7. The van der Waals surface area contributed by atoms with E-state index in [0.717, 1.165) is 26.8 Å². The van der Waals surface area contributed by atoms with Gasteiger partial charge < -0.3 is 14.2 Å². The van der Waals surface area contributed by atoms with E-state index in [0.29, 0.717) is 0 Å². The molecule has 140 valence electrons. The molecule has 8 nitrogen and oxygen atoms in total. The fraction of sp³-hybridized carbons (Fsp3) is 0.389. The van der Waals surface area contributed by atoms with Gasteiger partial charge in [0.25, 0.3) is 0 Å². The Morgan fingerprint density at radius 2 is 1.04 bits per heavy atom. The zero-order chi connectivity index (χ0) is 20.0. The van der Waals surface area contributed by atoms with Crippen LogP contribution in [-0.4, -0.2) is 29.5 Å². The number of hydrogen-bond donors (Lipinski definition) is 0. The Morgan fingerprint density at radius 3 is 1.31 bits per heavy atom. The van der Waals surface area contributed by atoms with Crippen molar-refractivity contribution in [2.24, 2.45) is 0 Å². The molecule has 0 spiro atoms. The van der Waals surface area contributed by atoms with E-state index in [1.54, 1.807) is 13.8 Å². The number of carbonyl (C=O) groups excluding carboxylic acids is 5. The molecule has 8 heteroatoms. The molecule has 26 heavy (non-hydrogen) atoms. The Hall–Kier alpha value is -3.03. The van der Waals surface area contributed by atoms with Crippen molar-refractivity contribution < 1.29 is 38.2 Å². The number of benzene rings is 1. The van der Waals surface area contributed by atoms with Crippen LogP contribution in [0.25, 0.3) is 0 Å². The summed E-state index contributed by atoms with van der Waals surface area (Å²) in [5.41, 5.74) is -0.462. The average molecular weight is 364 g/mol. The van der Waals surface area contributed by atoms with E-state index >= 15 is 0 Å². The smallest absolute Gasteiger partial charge is 0.308 e. The summed E-state index contributed by atoms with van der Waals surface area (Å²) in [5, 5.41) is 0. The predicted octanol–water partition coefficient (Wildman–Crippen LogP) is 2.65. The summed E-state index contributed by atoms with van der Waals surface area (Å²) >= 11 is 0. The summed E-state index contributed by atoms with van der Waals surface area (Å²) < 4.78 is 15.2. The highest BCUT2D eigenvalue weighted by atomic mass is 16.6. The Labute approximate surface area is 150 Å². The van der Waals surface area contributed by atoms with Crippen molar-refractivity contribution in [1.29, 1.82) is 0 Å². The van der Waals surface area contributed by atoms with Gasteiger partial charge in [0.05, 0.1) is 0 Å². The second kappa shape index (κ2) is 8.89. The number of ether oxygens (including phenoxy) is 3. The summed E-state index contributed by atoms with van der Waals surface area (Å²) in [6.45, 7) is 6.42. The average Bonchev–Trinajstić information content (AvgIpc) is 2.52. The predicted molar refractivity (Wildman–Crippen MR) is 89.6 cm³/mol. The summed E-state index contributed by atoms with van der Waals surface area (Å²) in [6, 6.07) is 1.10. The zero-order valence-corrected chi connectivity index (χ0v) is 15.3. The lowest BCUT2D eigenvalue weighted by molar-refractivity contribution is -0.132. The molecular formula is C18H20O8. The van der Waals surface area contributed by atoms with E-state index in [4.69, 9.17) is 14.2 Å². The van der Waals surface area contributed by atoms with Crippen LogP contribution in [0.15, 0.2) is 6.07 Å². The molecule has 0 aliphatic carbocycles. The molecule has 1 aromatic carbocycles. The molecular weight excluding hydrogens is 344 g/mol. The molecule has 0 bridgehead atoms. The van der Waals surface area contributed by atoms with Gasteiger partial charge in [-0.25, -0.2) is 0 Å². The molecule has 1 rings (SSSR count). The molecule has 0 radical (unpaired) electrons. The molecule has 0 atom stereocenters. The van der Waals surface area contributed by atoms with Crippen LogP contribution in [0.5, 0.6) is 17.2 Å². The molecule has 0 N–H and O–H groups in total. The summed E-state index contributed by atoms with van der Waals surface area (Å²) in [5.74, 6) is -4.22. The quantitative estimate of drug-likeness (QED) is 0.412. The first-order chi connectivity index (χ1) is 12.1. The number of hydrogen-bond acceptors (Lipinski definition) is 8. The number of carbonyl (C=O) groups is 5. The minimum atomic E-state index is -0.797. The Kier molecular flexibility index (Phi) is 7.18. The number of ketones is 2. The first-order valence-electron chi connectivity index (χ1n) is 7.94. The van der Waals surface area contributed by atoms with Gasteiger partial charge in [-0.15, -0.1) is 0 Å². The van der Waals surface area contributed by atoms with Gasteiger partial charge in [-0.05, 0) is 0 Å². The fourth-order valence-electron chi connectivity index (χ4n) is 2.21. The van der Waals surface area contributed by atoms with Crippen LogP contribution in [0.2, 0.25) is 0 Å². The second-order valence-electron chi connectivity index (χ2n) is 5.29. The summed E-state index contributed by atoms with van der Waals surface area (Å²) in [7, 11) is 0. The van der Waals surface area contributed by atoms with E-state index in [1.807, 2.05) is 0 Å². The van der Waals surface area contributed by atoms with Crippen molar-refractivity contribution in [2.45, 2.75) is 47.5 Å². The third-order valence-electron chi connectivity index (χ3n) is 3.16. The summed E-state index contributed by atoms with van der Waals surface area (Å²) in [6.07, 6.45) is -0.00953. The van der Waals surface area contributed by atoms with Crippen LogP contribution in [0.4, 0.5) is 0 Å². The highest BCUT2D eigenvalue weighted by Gasteiger charge is 2.30. The minimum Gasteiger partial charge on any atom is -0.426 e. The largest absolute Gasteiger partial charge is 0.426 e. The molecule has 0 amide bonds. The molecule has 0 aromatic heterocycles. The standard InChI is InChI=1S/C18H20O8/c1-6-12(22)16-14(24-9(3)19)8-15(25-10(4)20)17(13(23)7-2)18(16)26-11(5)21/h8H,6-7H2,1-5H3. The number of esters is 3. The van der Waals surface area contributed by atoms with E-state index in [-0.39, 0.29) is 41.2 Å². The van der Waals surface area contributed by atoms with Crippen molar-refractivity contribution in [3.8, 4) is 17.2 Å². The molecule has 1 aromatic rings. The van der Waals surface area contributed by atoms with Gasteiger partial charge in [0.1, 0.15) is 22.6 Å². The van der Waals surface area contributed by atoms with E-state index in [1.165, 1.54) is 0 Å². The molecule has 0 unspecified atom stereocenters. The SMILES string of the molecule is CCC(=O)c1c(OC(C)=O)cc(OC(C)=O)c(C(=O)CC)c1OC(C)=O. The first kappa shape index (κ1) is 21.0. The maximum Gasteiger partial charge on any atom is 0.308 e. The van der Waals surface area contributed by atoms with Gasteiger partial charge in [0.15, 0.2) is 17.3 Å². The van der Waals surface area contributed by atoms with Crippen molar-refractivity contribution in [1.82, 2.24) is 0 Å². The van der Waals surface area contributed by atoms with Crippen molar-refractivity contribution in [3.05, 3.63) is 17.2 Å². The summed E-state index contributed by atoms with van der Waals surface area (Å²) in [4.78, 5) is 59.2. The normalized spacial score (nSPS) is 10.0.